The highest BCUT2D eigenvalue weighted by molar-refractivity contribution is 6.30. The summed E-state index contributed by atoms with van der Waals surface area (Å²) < 4.78 is 5.55. The van der Waals surface area contributed by atoms with Crippen molar-refractivity contribution in [2.45, 2.75) is 19.4 Å². The number of hydrogen-bond donors (Lipinski definition) is 1. The van der Waals surface area contributed by atoms with Gasteiger partial charge in [-0.2, -0.15) is 0 Å². The third-order valence-electron chi connectivity index (χ3n) is 3.09. The molecule has 0 aliphatic heterocycles. The van der Waals surface area contributed by atoms with E-state index in [0.29, 0.717) is 10.8 Å². The first-order chi connectivity index (χ1) is 10.0. The van der Waals surface area contributed by atoms with Gasteiger partial charge in [-0.1, -0.05) is 30.7 Å². The Morgan fingerprint density at radius 3 is 2.52 bits per heavy atom. The smallest absolute Gasteiger partial charge is 0.313 e. The maximum atomic E-state index is 11.0. The molecule has 110 valence electrons. The molecule has 0 aliphatic carbocycles. The largest absolute Gasteiger partial charge is 0.450 e. The number of nitrogens with two attached hydrogens (primary N) is 1. The van der Waals surface area contributed by atoms with E-state index in [1.54, 1.807) is 18.2 Å². The lowest BCUT2D eigenvalue weighted by Gasteiger charge is -2.11. The van der Waals surface area contributed by atoms with Crippen LogP contribution in [0.25, 0.3) is 0 Å². The van der Waals surface area contributed by atoms with Crippen LogP contribution in [-0.4, -0.2) is 4.92 Å². The lowest BCUT2D eigenvalue weighted by atomic mass is 10.1. The Morgan fingerprint density at radius 2 is 1.95 bits per heavy atom. The van der Waals surface area contributed by atoms with Gasteiger partial charge in [0.05, 0.1) is 4.92 Å². The third-order valence-corrected chi connectivity index (χ3v) is 3.33. The van der Waals surface area contributed by atoms with Gasteiger partial charge < -0.3 is 10.5 Å². The Balaban J connectivity index is 2.24. The molecule has 0 fully saturated rings. The standard InChI is InChI=1S/C15H15ClN2O3/c1-2-13(17)10-3-6-12(7-4-10)21-15-8-5-11(16)9-14(15)18(19)20/h3-9,13H,2,17H2,1H3/t13-/m0/s1. The summed E-state index contributed by atoms with van der Waals surface area (Å²) in [6.45, 7) is 2.01. The Bertz CT molecular complexity index is 644. The molecule has 0 saturated heterocycles. The van der Waals surface area contributed by atoms with Crippen molar-refractivity contribution in [3.05, 3.63) is 63.2 Å². The number of nitro groups is 1. The first kappa shape index (κ1) is 15.3. The molecular weight excluding hydrogens is 292 g/mol. The van der Waals surface area contributed by atoms with Crippen LogP contribution < -0.4 is 10.5 Å². The van der Waals surface area contributed by atoms with E-state index in [1.165, 1.54) is 12.1 Å². The fourth-order valence-electron chi connectivity index (χ4n) is 1.87. The van der Waals surface area contributed by atoms with Crippen LogP contribution in [0.4, 0.5) is 5.69 Å². The van der Waals surface area contributed by atoms with Crippen LogP contribution in [0, 0.1) is 10.1 Å². The Kier molecular flexibility index (Phi) is 4.77. The van der Waals surface area contributed by atoms with E-state index in [4.69, 9.17) is 22.1 Å². The zero-order valence-electron chi connectivity index (χ0n) is 11.5. The molecule has 0 bridgehead atoms. The van der Waals surface area contributed by atoms with E-state index < -0.39 is 4.92 Å². The normalized spacial score (nSPS) is 12.0. The van der Waals surface area contributed by atoms with Crippen LogP contribution in [0.2, 0.25) is 5.02 Å². The number of halogens is 1. The number of ether oxygens (including phenoxy) is 1. The van der Waals surface area contributed by atoms with Gasteiger partial charge in [0.25, 0.3) is 0 Å². The average molecular weight is 307 g/mol. The van der Waals surface area contributed by atoms with E-state index in [2.05, 4.69) is 0 Å². The molecule has 0 spiro atoms. The number of nitro benzene ring substituents is 1. The molecule has 2 aromatic carbocycles. The molecule has 2 N–H and O–H groups in total. The van der Waals surface area contributed by atoms with Gasteiger partial charge in [-0.25, -0.2) is 0 Å². The predicted molar refractivity (Wildman–Crippen MR) is 81.8 cm³/mol. The van der Waals surface area contributed by atoms with E-state index in [0.717, 1.165) is 12.0 Å². The first-order valence-corrected chi connectivity index (χ1v) is 6.86. The van der Waals surface area contributed by atoms with Crippen molar-refractivity contribution in [3.63, 3.8) is 0 Å². The average Bonchev–Trinajstić information content (AvgIpc) is 2.49. The second-order valence-corrected chi connectivity index (χ2v) is 4.99. The maximum Gasteiger partial charge on any atom is 0.313 e. The molecule has 0 heterocycles. The van der Waals surface area contributed by atoms with Gasteiger partial charge in [0.1, 0.15) is 5.75 Å². The second-order valence-electron chi connectivity index (χ2n) is 4.55. The minimum absolute atomic E-state index is 0.0241. The van der Waals surface area contributed by atoms with Crippen molar-refractivity contribution in [2.75, 3.05) is 0 Å². The Morgan fingerprint density at radius 1 is 1.29 bits per heavy atom. The van der Waals surface area contributed by atoms with Crippen molar-refractivity contribution in [3.8, 4) is 11.5 Å². The van der Waals surface area contributed by atoms with Crippen LogP contribution >= 0.6 is 11.6 Å². The van der Waals surface area contributed by atoms with Gasteiger partial charge in [-0.15, -0.1) is 0 Å². The summed E-state index contributed by atoms with van der Waals surface area (Å²) in [5.41, 5.74) is 6.76. The van der Waals surface area contributed by atoms with Crippen molar-refractivity contribution in [1.29, 1.82) is 0 Å². The molecule has 2 rings (SSSR count). The SMILES string of the molecule is CC[C@H](N)c1ccc(Oc2ccc(Cl)cc2[N+](=O)[O-])cc1. The molecule has 0 radical (unpaired) electrons. The van der Waals surface area contributed by atoms with Crippen LogP contribution in [0.1, 0.15) is 24.9 Å². The van der Waals surface area contributed by atoms with Crippen molar-refractivity contribution in [1.82, 2.24) is 0 Å². The molecule has 0 aliphatic rings. The van der Waals surface area contributed by atoms with Gasteiger partial charge in [-0.3, -0.25) is 10.1 Å². The van der Waals surface area contributed by atoms with Gasteiger partial charge in [-0.05, 0) is 36.2 Å². The molecule has 0 amide bonds. The summed E-state index contributed by atoms with van der Waals surface area (Å²) in [4.78, 5) is 10.5. The number of hydrogen-bond acceptors (Lipinski definition) is 4. The fourth-order valence-corrected chi connectivity index (χ4v) is 2.03. The van der Waals surface area contributed by atoms with E-state index >= 15 is 0 Å². The molecule has 6 heteroatoms. The van der Waals surface area contributed by atoms with Gasteiger partial charge in [0.2, 0.25) is 5.75 Å². The van der Waals surface area contributed by atoms with Crippen LogP contribution in [0.3, 0.4) is 0 Å². The zero-order valence-corrected chi connectivity index (χ0v) is 12.2. The zero-order chi connectivity index (χ0) is 15.4. The van der Waals surface area contributed by atoms with Gasteiger partial charge in [0.15, 0.2) is 0 Å². The highest BCUT2D eigenvalue weighted by atomic mass is 35.5. The lowest BCUT2D eigenvalue weighted by molar-refractivity contribution is -0.385. The molecule has 1 atom stereocenters. The number of benzene rings is 2. The highest BCUT2D eigenvalue weighted by Gasteiger charge is 2.16. The van der Waals surface area contributed by atoms with Gasteiger partial charge in [0, 0.05) is 17.1 Å². The van der Waals surface area contributed by atoms with E-state index in [1.807, 2.05) is 19.1 Å². The highest BCUT2D eigenvalue weighted by Crippen LogP contribution is 2.33. The topological polar surface area (TPSA) is 78.4 Å². The van der Waals surface area contributed by atoms with Gasteiger partial charge >= 0.3 is 5.69 Å². The molecule has 0 saturated carbocycles. The van der Waals surface area contributed by atoms with Crippen LogP contribution in [-0.2, 0) is 0 Å². The Hall–Kier alpha value is -2.11. The maximum absolute atomic E-state index is 11.0. The lowest BCUT2D eigenvalue weighted by Crippen LogP contribution is -2.08. The molecule has 0 aromatic heterocycles. The Labute approximate surface area is 127 Å². The summed E-state index contributed by atoms with van der Waals surface area (Å²) in [5, 5.41) is 11.3. The van der Waals surface area contributed by atoms with Crippen LogP contribution in [0.15, 0.2) is 42.5 Å². The molecule has 0 unspecified atom stereocenters. The minimum atomic E-state index is -0.525. The second kappa shape index (κ2) is 6.56. The van der Waals surface area contributed by atoms with E-state index in [9.17, 15) is 10.1 Å². The third kappa shape index (κ3) is 3.71. The summed E-state index contributed by atoms with van der Waals surface area (Å²) in [7, 11) is 0. The van der Waals surface area contributed by atoms with Crippen molar-refractivity contribution < 1.29 is 9.66 Å². The summed E-state index contributed by atoms with van der Waals surface area (Å²) in [6.07, 6.45) is 0.836. The molecule has 21 heavy (non-hydrogen) atoms. The van der Waals surface area contributed by atoms with Crippen LogP contribution in [0.5, 0.6) is 11.5 Å². The molecule has 2 aromatic rings. The predicted octanol–water partition coefficient (Wildman–Crippen LogP) is 4.45. The number of rotatable bonds is 5. The number of nitrogens with zero attached hydrogens (tertiary/aromatic N) is 1. The van der Waals surface area contributed by atoms with Crippen molar-refractivity contribution in [2.24, 2.45) is 5.73 Å². The van der Waals surface area contributed by atoms with E-state index in [-0.39, 0.29) is 17.5 Å². The summed E-state index contributed by atoms with van der Waals surface area (Å²) in [5.74, 6) is 0.657. The molecule has 5 nitrogen and oxygen atoms in total. The first-order valence-electron chi connectivity index (χ1n) is 6.48. The summed E-state index contributed by atoms with van der Waals surface area (Å²) in [6, 6.07) is 11.4. The van der Waals surface area contributed by atoms with Crippen molar-refractivity contribution >= 4 is 17.3 Å². The quantitative estimate of drug-likeness (QED) is 0.654. The summed E-state index contributed by atoms with van der Waals surface area (Å²) >= 11 is 5.76. The minimum Gasteiger partial charge on any atom is -0.450 e. The monoisotopic (exact) mass is 306 g/mol. The molecular formula is C15H15ClN2O3. The fraction of sp³-hybridized carbons (Fsp3) is 0.200.